The molecule has 0 saturated heterocycles. The van der Waals surface area contributed by atoms with E-state index in [4.69, 9.17) is 23.2 Å². The third-order valence-corrected chi connectivity index (χ3v) is 3.97. The van der Waals surface area contributed by atoms with Crippen molar-refractivity contribution in [2.75, 3.05) is 0 Å². The second-order valence-corrected chi connectivity index (χ2v) is 5.83. The van der Waals surface area contributed by atoms with Crippen LogP contribution in [0.1, 0.15) is 28.3 Å². The van der Waals surface area contributed by atoms with Gasteiger partial charge in [0.05, 0.1) is 15.9 Å². The number of nitro groups is 1. The number of carbonyl (C=O) groups excluding carboxylic acids is 1. The topological polar surface area (TPSA) is 97.5 Å². The molecule has 2 aromatic rings. The summed E-state index contributed by atoms with van der Waals surface area (Å²) < 4.78 is 0. The molecule has 0 radical (unpaired) electrons. The van der Waals surface area contributed by atoms with E-state index in [-0.39, 0.29) is 22.7 Å². The Morgan fingerprint density at radius 3 is 2.25 bits per heavy atom. The van der Waals surface area contributed by atoms with Gasteiger partial charge in [-0.25, -0.2) is 0 Å². The zero-order valence-electron chi connectivity index (χ0n) is 12.1. The van der Waals surface area contributed by atoms with E-state index in [0.717, 1.165) is 0 Å². The minimum Gasteiger partial charge on any atom is -0.481 e. The molecule has 0 aliphatic carbocycles. The molecular weight excluding hydrogens is 357 g/mol. The number of nitro benzene ring substituents is 1. The molecule has 1 atom stereocenters. The molecule has 2 aromatic carbocycles. The number of non-ortho nitro benzene ring substituents is 1. The number of Topliss-reactive ketones (excluding diaryl/α,β-unsaturated/α-hetero) is 1. The van der Waals surface area contributed by atoms with Crippen molar-refractivity contribution in [1.82, 2.24) is 0 Å². The van der Waals surface area contributed by atoms with Gasteiger partial charge in [0.25, 0.3) is 5.69 Å². The fourth-order valence-electron chi connectivity index (χ4n) is 2.19. The fourth-order valence-corrected chi connectivity index (χ4v) is 2.70. The summed E-state index contributed by atoms with van der Waals surface area (Å²) in [7, 11) is 0. The highest BCUT2D eigenvalue weighted by Crippen LogP contribution is 2.28. The molecule has 0 aromatic heterocycles. The van der Waals surface area contributed by atoms with E-state index < -0.39 is 22.6 Å². The van der Waals surface area contributed by atoms with E-state index in [1.54, 1.807) is 0 Å². The van der Waals surface area contributed by atoms with Gasteiger partial charge in [-0.15, -0.1) is 0 Å². The average molecular weight is 368 g/mol. The number of halogens is 2. The van der Waals surface area contributed by atoms with Gasteiger partial charge in [0, 0.05) is 29.1 Å². The van der Waals surface area contributed by atoms with Crippen molar-refractivity contribution in [3.63, 3.8) is 0 Å². The van der Waals surface area contributed by atoms with Crippen LogP contribution in [0.25, 0.3) is 0 Å². The molecular formula is C16H11Cl2NO5. The Hall–Kier alpha value is -2.44. The number of carboxylic acids is 1. The summed E-state index contributed by atoms with van der Waals surface area (Å²) >= 11 is 11.7. The van der Waals surface area contributed by atoms with Crippen LogP contribution in [0.2, 0.25) is 10.0 Å². The number of benzene rings is 2. The summed E-state index contributed by atoms with van der Waals surface area (Å²) in [5, 5.41) is 20.5. The fraction of sp³-hybridized carbons (Fsp3) is 0.125. The Morgan fingerprint density at radius 1 is 1.12 bits per heavy atom. The Labute approximate surface area is 146 Å². The second kappa shape index (κ2) is 7.42. The number of hydrogen-bond donors (Lipinski definition) is 1. The number of aliphatic carboxylic acids is 1. The summed E-state index contributed by atoms with van der Waals surface area (Å²) in [5.41, 5.74) is 0.315. The summed E-state index contributed by atoms with van der Waals surface area (Å²) in [4.78, 5) is 33.9. The van der Waals surface area contributed by atoms with E-state index in [0.29, 0.717) is 10.6 Å². The molecule has 24 heavy (non-hydrogen) atoms. The van der Waals surface area contributed by atoms with Crippen LogP contribution in [-0.2, 0) is 4.79 Å². The molecule has 1 unspecified atom stereocenters. The lowest BCUT2D eigenvalue weighted by Gasteiger charge is -2.12. The van der Waals surface area contributed by atoms with Crippen molar-refractivity contribution in [3.8, 4) is 0 Å². The van der Waals surface area contributed by atoms with E-state index in [1.807, 2.05) is 0 Å². The van der Waals surface area contributed by atoms with Gasteiger partial charge in [0.2, 0.25) is 0 Å². The Morgan fingerprint density at radius 2 is 1.75 bits per heavy atom. The summed E-state index contributed by atoms with van der Waals surface area (Å²) in [6, 6.07) is 9.37. The van der Waals surface area contributed by atoms with Crippen molar-refractivity contribution in [1.29, 1.82) is 0 Å². The van der Waals surface area contributed by atoms with Crippen LogP contribution in [0, 0.1) is 10.1 Å². The largest absolute Gasteiger partial charge is 0.481 e. The quantitative estimate of drug-likeness (QED) is 0.465. The first-order valence-corrected chi connectivity index (χ1v) is 7.50. The van der Waals surface area contributed by atoms with Crippen LogP contribution in [0.4, 0.5) is 5.69 Å². The molecule has 0 amide bonds. The van der Waals surface area contributed by atoms with Crippen LogP contribution in [0.15, 0.2) is 42.5 Å². The molecule has 0 heterocycles. The monoisotopic (exact) mass is 367 g/mol. The van der Waals surface area contributed by atoms with Crippen LogP contribution >= 0.6 is 23.2 Å². The highest BCUT2D eigenvalue weighted by molar-refractivity contribution is 6.36. The van der Waals surface area contributed by atoms with E-state index in [2.05, 4.69) is 0 Å². The molecule has 0 aliphatic heterocycles. The lowest BCUT2D eigenvalue weighted by atomic mass is 9.91. The number of hydrogen-bond acceptors (Lipinski definition) is 4. The minimum atomic E-state index is -1.21. The first kappa shape index (κ1) is 17.9. The van der Waals surface area contributed by atoms with Gasteiger partial charge in [0.15, 0.2) is 5.78 Å². The zero-order chi connectivity index (χ0) is 17.9. The highest BCUT2D eigenvalue weighted by Gasteiger charge is 2.25. The molecule has 0 fully saturated rings. The Bertz CT molecular complexity index is 805. The maximum absolute atomic E-state index is 12.3. The molecule has 0 aliphatic rings. The van der Waals surface area contributed by atoms with E-state index >= 15 is 0 Å². The molecule has 0 spiro atoms. The lowest BCUT2D eigenvalue weighted by Crippen LogP contribution is -2.16. The maximum atomic E-state index is 12.3. The van der Waals surface area contributed by atoms with Crippen molar-refractivity contribution in [3.05, 3.63) is 73.8 Å². The number of carboxylic acid groups (broad SMARTS) is 1. The van der Waals surface area contributed by atoms with Gasteiger partial charge in [-0.05, 0) is 23.8 Å². The average Bonchev–Trinajstić information content (AvgIpc) is 2.52. The minimum absolute atomic E-state index is 0.139. The summed E-state index contributed by atoms with van der Waals surface area (Å²) in [6.45, 7) is 0. The summed E-state index contributed by atoms with van der Waals surface area (Å²) in [5.74, 6) is -2.80. The van der Waals surface area contributed by atoms with Crippen LogP contribution in [0.5, 0.6) is 0 Å². The summed E-state index contributed by atoms with van der Waals surface area (Å²) in [6.07, 6.45) is -0.325. The van der Waals surface area contributed by atoms with Gasteiger partial charge in [-0.3, -0.25) is 19.7 Å². The predicted molar refractivity (Wildman–Crippen MR) is 88.9 cm³/mol. The van der Waals surface area contributed by atoms with Crippen molar-refractivity contribution >= 4 is 40.6 Å². The standard InChI is InChI=1S/C16H11Cl2NO5/c17-10-3-6-12(14(18)7-10)15(20)8-13(16(21)22)9-1-4-11(5-2-9)19(23)24/h1-7,13H,8H2,(H,21,22). The van der Waals surface area contributed by atoms with Crippen LogP contribution in [-0.4, -0.2) is 21.8 Å². The van der Waals surface area contributed by atoms with Crippen LogP contribution in [0.3, 0.4) is 0 Å². The first-order chi connectivity index (χ1) is 11.3. The van der Waals surface area contributed by atoms with Crippen molar-refractivity contribution in [2.24, 2.45) is 0 Å². The second-order valence-electron chi connectivity index (χ2n) is 4.99. The smallest absolute Gasteiger partial charge is 0.311 e. The molecule has 2 rings (SSSR count). The van der Waals surface area contributed by atoms with Gasteiger partial charge in [0.1, 0.15) is 0 Å². The van der Waals surface area contributed by atoms with Crippen molar-refractivity contribution < 1.29 is 19.6 Å². The molecule has 124 valence electrons. The van der Waals surface area contributed by atoms with Gasteiger partial charge < -0.3 is 5.11 Å². The van der Waals surface area contributed by atoms with E-state index in [1.165, 1.54) is 42.5 Å². The molecule has 0 saturated carbocycles. The SMILES string of the molecule is O=C(CC(C(=O)O)c1ccc([N+](=O)[O-])cc1)c1ccc(Cl)cc1Cl. The number of rotatable bonds is 6. The zero-order valence-corrected chi connectivity index (χ0v) is 13.6. The first-order valence-electron chi connectivity index (χ1n) is 6.75. The molecule has 1 N–H and O–H groups in total. The number of nitrogens with zero attached hydrogens (tertiary/aromatic N) is 1. The Balaban J connectivity index is 2.26. The van der Waals surface area contributed by atoms with E-state index in [9.17, 15) is 24.8 Å². The van der Waals surface area contributed by atoms with Crippen LogP contribution < -0.4 is 0 Å². The third-order valence-electron chi connectivity index (χ3n) is 3.43. The predicted octanol–water partition coefficient (Wildman–Crippen LogP) is 4.34. The molecule has 0 bridgehead atoms. The molecule has 8 heteroatoms. The lowest BCUT2D eigenvalue weighted by molar-refractivity contribution is -0.384. The highest BCUT2D eigenvalue weighted by atomic mass is 35.5. The third kappa shape index (κ3) is 4.10. The van der Waals surface area contributed by atoms with Crippen molar-refractivity contribution in [2.45, 2.75) is 12.3 Å². The van der Waals surface area contributed by atoms with Gasteiger partial charge >= 0.3 is 5.97 Å². The number of carbonyl (C=O) groups is 2. The number of ketones is 1. The molecule has 6 nitrogen and oxygen atoms in total. The van der Waals surface area contributed by atoms with Gasteiger partial charge in [-0.2, -0.15) is 0 Å². The normalized spacial score (nSPS) is 11.8. The Kier molecular flexibility index (Phi) is 5.54. The maximum Gasteiger partial charge on any atom is 0.311 e. The van der Waals surface area contributed by atoms with Gasteiger partial charge in [-0.1, -0.05) is 35.3 Å².